The molecule has 150 valence electrons. The molecule has 1 heterocycles. The van der Waals surface area contributed by atoms with Gasteiger partial charge in [-0.25, -0.2) is 5.43 Å². The number of amides is 1. The van der Waals surface area contributed by atoms with E-state index in [9.17, 15) is 4.79 Å². The minimum Gasteiger partial charge on any atom is -0.496 e. The summed E-state index contributed by atoms with van der Waals surface area (Å²) in [6.45, 7) is 0. The normalized spacial score (nSPS) is 11.1. The van der Waals surface area contributed by atoms with Crippen molar-refractivity contribution in [3.05, 3.63) is 89.1 Å². The summed E-state index contributed by atoms with van der Waals surface area (Å²) in [7, 11) is 1.53. The zero-order valence-corrected chi connectivity index (χ0v) is 17.5. The number of furan rings is 1. The van der Waals surface area contributed by atoms with Crippen LogP contribution in [0.1, 0.15) is 16.1 Å². The predicted molar refractivity (Wildman–Crippen MR) is 120 cm³/mol. The van der Waals surface area contributed by atoms with E-state index >= 15 is 0 Å². The number of methoxy groups -OCH3 is 1. The maximum atomic E-state index is 12.6. The van der Waals surface area contributed by atoms with Crippen LogP contribution in [-0.4, -0.2) is 19.2 Å². The van der Waals surface area contributed by atoms with Gasteiger partial charge >= 0.3 is 0 Å². The van der Waals surface area contributed by atoms with Crippen LogP contribution >= 0.6 is 23.4 Å². The average Bonchev–Trinajstić information content (AvgIpc) is 3.21. The molecule has 1 N–H and O–H groups in total. The standard InChI is InChI=1S/C23H17ClN2O3S/c1-28-21-13-16-5-3-2-4-15(16)12-20(21)23(27)26-25-14-18-8-11-22(29-18)30-19-9-6-17(24)7-10-19/h2-14H,1H3,(H,26,27)/b25-14-. The van der Waals surface area contributed by atoms with Gasteiger partial charge in [0.2, 0.25) is 0 Å². The number of benzene rings is 3. The van der Waals surface area contributed by atoms with Crippen LogP contribution in [0.4, 0.5) is 0 Å². The van der Waals surface area contributed by atoms with Crippen molar-refractivity contribution in [2.45, 2.75) is 9.99 Å². The largest absolute Gasteiger partial charge is 0.496 e. The fourth-order valence-electron chi connectivity index (χ4n) is 2.86. The van der Waals surface area contributed by atoms with E-state index in [4.69, 9.17) is 20.8 Å². The van der Waals surface area contributed by atoms with E-state index in [0.717, 1.165) is 15.7 Å². The quantitative estimate of drug-likeness (QED) is 0.297. The molecule has 0 aliphatic carbocycles. The van der Waals surface area contributed by atoms with Crippen LogP contribution in [0.5, 0.6) is 5.75 Å². The molecule has 0 atom stereocenters. The molecular formula is C23H17ClN2O3S. The molecule has 5 nitrogen and oxygen atoms in total. The molecule has 0 saturated carbocycles. The number of carbonyl (C=O) groups is 1. The van der Waals surface area contributed by atoms with Crippen molar-refractivity contribution in [3.8, 4) is 5.75 Å². The molecule has 0 radical (unpaired) electrons. The fraction of sp³-hybridized carbons (Fsp3) is 0.0435. The molecule has 0 aliphatic heterocycles. The Kier molecular flexibility index (Phi) is 6.07. The number of halogens is 1. The number of hydrazone groups is 1. The monoisotopic (exact) mass is 436 g/mol. The number of carbonyl (C=O) groups excluding carboxylic acids is 1. The number of ether oxygens (including phenoxy) is 1. The van der Waals surface area contributed by atoms with Gasteiger partial charge in [0.25, 0.3) is 5.91 Å². The first-order chi connectivity index (χ1) is 14.6. The average molecular weight is 437 g/mol. The van der Waals surface area contributed by atoms with Gasteiger partial charge in [0.15, 0.2) is 5.09 Å². The molecule has 7 heteroatoms. The summed E-state index contributed by atoms with van der Waals surface area (Å²) in [5.74, 6) is 0.648. The number of nitrogens with zero attached hydrogens (tertiary/aromatic N) is 1. The van der Waals surface area contributed by atoms with Gasteiger partial charge in [-0.2, -0.15) is 5.10 Å². The highest BCUT2D eigenvalue weighted by molar-refractivity contribution is 7.99. The predicted octanol–water partition coefficient (Wildman–Crippen LogP) is 6.01. The van der Waals surface area contributed by atoms with Gasteiger partial charge in [0, 0.05) is 9.92 Å². The van der Waals surface area contributed by atoms with Crippen molar-refractivity contribution in [3.63, 3.8) is 0 Å². The zero-order chi connectivity index (χ0) is 20.9. The summed E-state index contributed by atoms with van der Waals surface area (Å²) < 4.78 is 11.1. The molecule has 4 rings (SSSR count). The van der Waals surface area contributed by atoms with Gasteiger partial charge in [-0.05, 0) is 59.3 Å². The first-order valence-corrected chi connectivity index (χ1v) is 10.3. The van der Waals surface area contributed by atoms with Crippen LogP contribution in [-0.2, 0) is 0 Å². The third kappa shape index (κ3) is 4.67. The van der Waals surface area contributed by atoms with Gasteiger partial charge in [-0.3, -0.25) is 4.79 Å². The molecule has 0 spiro atoms. The number of hydrogen-bond donors (Lipinski definition) is 1. The second-order valence-corrected chi connectivity index (χ2v) is 7.83. The van der Waals surface area contributed by atoms with Crippen molar-refractivity contribution >= 4 is 46.3 Å². The van der Waals surface area contributed by atoms with Crippen LogP contribution in [0.15, 0.2) is 92.3 Å². The minimum atomic E-state index is -0.365. The minimum absolute atomic E-state index is 0.365. The summed E-state index contributed by atoms with van der Waals surface area (Å²) in [6.07, 6.45) is 1.46. The second kappa shape index (κ2) is 9.07. The van der Waals surface area contributed by atoms with Crippen LogP contribution in [0, 0.1) is 0 Å². The number of fused-ring (bicyclic) bond motifs is 1. The highest BCUT2D eigenvalue weighted by atomic mass is 35.5. The van der Waals surface area contributed by atoms with Crippen molar-refractivity contribution in [2.75, 3.05) is 7.11 Å². The van der Waals surface area contributed by atoms with Crippen molar-refractivity contribution < 1.29 is 13.9 Å². The molecule has 30 heavy (non-hydrogen) atoms. The maximum absolute atomic E-state index is 12.6. The summed E-state index contributed by atoms with van der Waals surface area (Å²) in [5.41, 5.74) is 2.93. The zero-order valence-electron chi connectivity index (χ0n) is 16.0. The molecule has 1 aromatic heterocycles. The lowest BCUT2D eigenvalue weighted by Crippen LogP contribution is -2.18. The van der Waals surface area contributed by atoms with E-state index < -0.39 is 0 Å². The molecule has 1 amide bonds. The van der Waals surface area contributed by atoms with Gasteiger partial charge in [0.05, 0.1) is 18.9 Å². The molecule has 0 saturated heterocycles. The van der Waals surface area contributed by atoms with Gasteiger partial charge in [-0.15, -0.1) is 0 Å². The highest BCUT2D eigenvalue weighted by Crippen LogP contribution is 2.30. The summed E-state index contributed by atoms with van der Waals surface area (Å²) in [5, 5.41) is 7.34. The Morgan fingerprint density at radius 2 is 1.80 bits per heavy atom. The Morgan fingerprint density at radius 1 is 1.07 bits per heavy atom. The van der Waals surface area contributed by atoms with Crippen LogP contribution in [0.2, 0.25) is 5.02 Å². The van der Waals surface area contributed by atoms with E-state index in [2.05, 4.69) is 10.5 Å². The topological polar surface area (TPSA) is 63.8 Å². The van der Waals surface area contributed by atoms with Crippen LogP contribution in [0.25, 0.3) is 10.8 Å². The lowest BCUT2D eigenvalue weighted by molar-refractivity contribution is 0.0952. The molecular weight excluding hydrogens is 420 g/mol. The van der Waals surface area contributed by atoms with Crippen molar-refractivity contribution in [1.82, 2.24) is 5.43 Å². The molecule has 0 fully saturated rings. The summed E-state index contributed by atoms with van der Waals surface area (Å²) in [6, 6.07) is 22.5. The SMILES string of the molecule is COc1cc2ccccc2cc1C(=O)N/N=C\c1ccc(Sc2ccc(Cl)cc2)o1. The molecule has 0 unspecified atom stereocenters. The third-order valence-corrected chi connectivity index (χ3v) is 5.48. The van der Waals surface area contributed by atoms with Gasteiger partial charge < -0.3 is 9.15 Å². The van der Waals surface area contributed by atoms with E-state index in [0.29, 0.717) is 27.2 Å². The lowest BCUT2D eigenvalue weighted by Gasteiger charge is -2.09. The lowest BCUT2D eigenvalue weighted by atomic mass is 10.1. The Balaban J connectivity index is 1.43. The first kappa shape index (κ1) is 20.1. The van der Waals surface area contributed by atoms with Crippen molar-refractivity contribution in [1.29, 1.82) is 0 Å². The third-order valence-electron chi connectivity index (χ3n) is 4.30. The Labute approximate surface area is 182 Å². The number of hydrogen-bond acceptors (Lipinski definition) is 5. The van der Waals surface area contributed by atoms with Gasteiger partial charge in [0.1, 0.15) is 11.5 Å². The summed E-state index contributed by atoms with van der Waals surface area (Å²) >= 11 is 7.37. The Bertz CT molecular complexity index is 1220. The smallest absolute Gasteiger partial charge is 0.275 e. The maximum Gasteiger partial charge on any atom is 0.275 e. The van der Waals surface area contributed by atoms with E-state index in [1.807, 2.05) is 60.7 Å². The molecule has 3 aromatic carbocycles. The first-order valence-electron chi connectivity index (χ1n) is 9.06. The Hall–Kier alpha value is -3.22. The van der Waals surface area contributed by atoms with Crippen LogP contribution < -0.4 is 10.2 Å². The summed E-state index contributed by atoms with van der Waals surface area (Å²) in [4.78, 5) is 13.6. The second-order valence-electron chi connectivity index (χ2n) is 6.31. The van der Waals surface area contributed by atoms with E-state index in [1.54, 1.807) is 12.1 Å². The van der Waals surface area contributed by atoms with Crippen molar-refractivity contribution in [2.24, 2.45) is 5.10 Å². The number of nitrogens with one attached hydrogen (secondary N) is 1. The fourth-order valence-corrected chi connectivity index (χ4v) is 3.76. The Morgan fingerprint density at radius 3 is 2.53 bits per heavy atom. The van der Waals surface area contributed by atoms with Gasteiger partial charge in [-0.1, -0.05) is 47.6 Å². The highest BCUT2D eigenvalue weighted by Gasteiger charge is 2.13. The van der Waals surface area contributed by atoms with Crippen LogP contribution in [0.3, 0.4) is 0 Å². The van der Waals surface area contributed by atoms with E-state index in [-0.39, 0.29) is 5.91 Å². The molecule has 0 bridgehead atoms. The molecule has 4 aromatic rings. The van der Waals surface area contributed by atoms with E-state index in [1.165, 1.54) is 25.1 Å². The molecule has 0 aliphatic rings. The number of rotatable bonds is 6.